The van der Waals surface area contributed by atoms with Crippen LogP contribution in [0.25, 0.3) is 0 Å². The van der Waals surface area contributed by atoms with Gasteiger partial charge in [-0.3, -0.25) is 4.79 Å². The van der Waals surface area contributed by atoms with Gasteiger partial charge in [-0.25, -0.2) is 8.78 Å². The molecule has 48 heavy (non-hydrogen) atoms. The topological polar surface area (TPSA) is 86.0 Å². The van der Waals surface area contributed by atoms with Crippen LogP contribution in [0, 0.1) is 17.7 Å². The second-order valence-electron chi connectivity index (χ2n) is 11.7. The number of rotatable bonds is 14. The molecule has 9 heteroatoms. The Morgan fingerprint density at radius 2 is 1.65 bits per heavy atom. The summed E-state index contributed by atoms with van der Waals surface area (Å²) in [7, 11) is 0. The molecule has 2 atom stereocenters. The molecule has 5 nitrogen and oxygen atoms in total. The van der Waals surface area contributed by atoms with E-state index in [0.717, 1.165) is 42.4 Å². The first-order valence-electron chi connectivity index (χ1n) is 17.4. The van der Waals surface area contributed by atoms with E-state index in [4.69, 9.17) is 10.8 Å². The lowest BCUT2D eigenvalue weighted by molar-refractivity contribution is -0.162. The first kappa shape index (κ1) is 47.2. The Morgan fingerprint density at radius 3 is 2.02 bits per heavy atom. The second kappa shape index (κ2) is 27.0. The molecule has 1 aliphatic carbocycles. The van der Waals surface area contributed by atoms with E-state index in [0.29, 0.717) is 36.8 Å². The average Bonchev–Trinajstić information content (AvgIpc) is 3.04. The fourth-order valence-electron chi connectivity index (χ4n) is 5.13. The zero-order chi connectivity index (χ0) is 37.3. The molecule has 1 aliphatic rings. The van der Waals surface area contributed by atoms with Crippen LogP contribution in [-0.4, -0.2) is 36.5 Å². The molecule has 2 aromatic rings. The number of nitrogens with one attached hydrogen (secondary N) is 3. The van der Waals surface area contributed by atoms with Crippen LogP contribution in [0.2, 0.25) is 0 Å². The number of ketones is 1. The quantitative estimate of drug-likeness (QED) is 0.105. The number of halogens is 4. The van der Waals surface area contributed by atoms with Gasteiger partial charge in [-0.15, -0.1) is 0 Å². The van der Waals surface area contributed by atoms with E-state index in [1.165, 1.54) is 18.9 Å². The van der Waals surface area contributed by atoms with Gasteiger partial charge in [0.1, 0.15) is 0 Å². The first-order valence-corrected chi connectivity index (χ1v) is 17.4. The van der Waals surface area contributed by atoms with E-state index in [1.807, 2.05) is 71.9 Å². The van der Waals surface area contributed by atoms with Gasteiger partial charge in [0.25, 0.3) is 6.43 Å². The summed E-state index contributed by atoms with van der Waals surface area (Å²) in [6.45, 7) is 16.6. The number of carbonyl (C=O) groups is 1. The number of Topliss-reactive ketones (excluding diaryl/α,β-unsaturated/α-hetero) is 1. The Hall–Kier alpha value is -2.91. The third kappa shape index (κ3) is 18.6. The van der Waals surface area contributed by atoms with Crippen molar-refractivity contribution >= 4 is 18.2 Å². The van der Waals surface area contributed by atoms with Crippen LogP contribution in [-0.2, 0) is 17.6 Å². The molecule has 1 saturated carbocycles. The molecule has 3 rings (SSSR count). The van der Waals surface area contributed by atoms with Crippen molar-refractivity contribution in [1.82, 2.24) is 5.32 Å². The summed E-state index contributed by atoms with van der Waals surface area (Å²) in [5.74, 6) is -0.0624. The normalized spacial score (nSPS) is 13.8. The smallest absolute Gasteiger partial charge is 0.319 e. The molecule has 0 amide bonds. The number of benzene rings is 2. The maximum absolute atomic E-state index is 13.5. The third-order valence-electron chi connectivity index (χ3n) is 7.77. The summed E-state index contributed by atoms with van der Waals surface area (Å²) in [5, 5.41) is 16.1. The van der Waals surface area contributed by atoms with Crippen molar-refractivity contribution in [2.75, 3.05) is 0 Å². The van der Waals surface area contributed by atoms with Crippen molar-refractivity contribution in [3.05, 3.63) is 69.8 Å². The molecule has 2 unspecified atom stereocenters. The highest BCUT2D eigenvalue weighted by molar-refractivity contribution is 5.97. The summed E-state index contributed by atoms with van der Waals surface area (Å²) in [4.78, 5) is 12.2. The lowest BCUT2D eigenvalue weighted by Gasteiger charge is -2.42. The van der Waals surface area contributed by atoms with Crippen LogP contribution in [0.3, 0.4) is 0 Å². The minimum Gasteiger partial charge on any atom is -0.319 e. The van der Waals surface area contributed by atoms with Crippen LogP contribution in [0.4, 0.5) is 17.6 Å². The van der Waals surface area contributed by atoms with Crippen LogP contribution in [0.1, 0.15) is 158 Å². The van der Waals surface area contributed by atoms with E-state index in [1.54, 1.807) is 19.9 Å². The average molecular weight is 682 g/mol. The Labute approximate surface area is 288 Å². The van der Waals surface area contributed by atoms with Gasteiger partial charge < -0.3 is 20.9 Å². The summed E-state index contributed by atoms with van der Waals surface area (Å²) >= 11 is 0. The van der Waals surface area contributed by atoms with Crippen LogP contribution in [0.5, 0.6) is 0 Å². The molecular formula is C39H63F4N3O2. The number of hydrogen-bond donors (Lipinski definition) is 3. The molecule has 0 aliphatic heterocycles. The number of carbonyl (C=O) groups excluding carboxylic acids is 1. The molecule has 0 radical (unpaired) electrons. The molecule has 0 bridgehead atoms. The van der Waals surface area contributed by atoms with Gasteiger partial charge in [0, 0.05) is 29.1 Å². The highest BCUT2D eigenvalue weighted by Crippen LogP contribution is 2.35. The SMILES string of the molecule is CC.CC=N.CCC(=O)c1cc(C(C)NC2(C)CCC2)cc(C(F)F)c1CC.CCC(Cc1cccc(C)c1)OC(F)F.CCCC=N. The lowest BCUT2D eigenvalue weighted by atomic mass is 9.77. The fraction of sp³-hybridized carbons (Fsp3) is 0.615. The summed E-state index contributed by atoms with van der Waals surface area (Å²) in [6.07, 6.45) is 7.09. The number of ether oxygens (including phenoxy) is 1. The van der Waals surface area contributed by atoms with E-state index in [9.17, 15) is 22.4 Å². The summed E-state index contributed by atoms with van der Waals surface area (Å²) in [6, 6.07) is 11.2. The van der Waals surface area contributed by atoms with E-state index in [-0.39, 0.29) is 22.9 Å². The van der Waals surface area contributed by atoms with Crippen molar-refractivity contribution in [2.24, 2.45) is 0 Å². The fourth-order valence-corrected chi connectivity index (χ4v) is 5.13. The van der Waals surface area contributed by atoms with E-state index >= 15 is 0 Å². The van der Waals surface area contributed by atoms with Gasteiger partial charge in [0.2, 0.25) is 0 Å². The van der Waals surface area contributed by atoms with E-state index < -0.39 is 19.1 Å². The molecule has 274 valence electrons. The van der Waals surface area contributed by atoms with Crippen molar-refractivity contribution < 1.29 is 27.1 Å². The molecule has 3 N–H and O–H groups in total. The summed E-state index contributed by atoms with van der Waals surface area (Å²) in [5.41, 5.74) is 4.02. The molecule has 2 aromatic carbocycles. The molecule has 0 saturated heterocycles. The second-order valence-corrected chi connectivity index (χ2v) is 11.7. The van der Waals surface area contributed by atoms with Crippen molar-refractivity contribution in [3.8, 4) is 0 Å². The Balaban J connectivity index is 0. The monoisotopic (exact) mass is 681 g/mol. The largest absolute Gasteiger partial charge is 0.345 e. The zero-order valence-electron chi connectivity index (χ0n) is 31.1. The molecular weight excluding hydrogens is 618 g/mol. The molecule has 0 spiro atoms. The van der Waals surface area contributed by atoms with Gasteiger partial charge >= 0.3 is 6.61 Å². The summed E-state index contributed by atoms with van der Waals surface area (Å²) < 4.78 is 55.6. The predicted octanol–water partition coefficient (Wildman–Crippen LogP) is 12.0. The standard InChI is InChI=1S/C19H27F2NO.C12H16F2O.C4H9N.C2H5N.C2H6/c1-5-14-15(17(23)6-2)10-13(11-16(14)18(20)21)12(3)22-19(4)8-7-9-19;1-3-11(15-12(13)14)8-10-6-4-5-9(2)7-10;1-2-3-4-5;1-2-3;1-2/h10-12,18,22H,5-9H2,1-4H3;4-7,11-12H,3,8H2,1-2H3;4-5H,2-3H2,1H3;2-3H,1H3;1-2H3. The van der Waals surface area contributed by atoms with Gasteiger partial charge in [0.05, 0.1) is 6.10 Å². The number of hydrogen-bond acceptors (Lipinski definition) is 5. The molecule has 1 fully saturated rings. The number of unbranched alkanes of at least 4 members (excludes halogenated alkanes) is 1. The minimum atomic E-state index is -2.68. The first-order chi connectivity index (χ1) is 22.8. The number of aryl methyl sites for hydroxylation is 1. The number of alkyl halides is 4. The Bertz CT molecular complexity index is 1170. The van der Waals surface area contributed by atoms with Crippen LogP contribution >= 0.6 is 0 Å². The van der Waals surface area contributed by atoms with Crippen LogP contribution in [0.15, 0.2) is 36.4 Å². The Morgan fingerprint density at radius 1 is 1.04 bits per heavy atom. The van der Waals surface area contributed by atoms with Crippen molar-refractivity contribution in [2.45, 2.75) is 158 Å². The van der Waals surface area contributed by atoms with Crippen LogP contribution < -0.4 is 5.32 Å². The highest BCUT2D eigenvalue weighted by atomic mass is 19.3. The van der Waals surface area contributed by atoms with Gasteiger partial charge in [0.15, 0.2) is 5.78 Å². The third-order valence-corrected chi connectivity index (χ3v) is 7.77. The van der Waals surface area contributed by atoms with Crippen molar-refractivity contribution in [1.29, 1.82) is 10.8 Å². The lowest BCUT2D eigenvalue weighted by Crippen LogP contribution is -2.49. The highest BCUT2D eigenvalue weighted by Gasteiger charge is 2.33. The van der Waals surface area contributed by atoms with Gasteiger partial charge in [-0.2, -0.15) is 8.78 Å². The van der Waals surface area contributed by atoms with E-state index in [2.05, 4.69) is 23.9 Å². The molecule has 0 heterocycles. The maximum atomic E-state index is 13.5. The minimum absolute atomic E-state index is 0.00853. The zero-order valence-corrected chi connectivity index (χ0v) is 31.1. The predicted molar refractivity (Wildman–Crippen MR) is 195 cm³/mol. The Kier molecular flexibility index (Phi) is 26.5. The van der Waals surface area contributed by atoms with Gasteiger partial charge in [-0.05, 0) is 114 Å². The van der Waals surface area contributed by atoms with Gasteiger partial charge in [-0.1, -0.05) is 77.8 Å². The molecule has 0 aromatic heterocycles. The maximum Gasteiger partial charge on any atom is 0.345 e. The van der Waals surface area contributed by atoms with Crippen molar-refractivity contribution in [3.63, 3.8) is 0 Å².